The van der Waals surface area contributed by atoms with Crippen molar-refractivity contribution in [3.63, 3.8) is 0 Å². The maximum atomic E-state index is 5.94. The molecule has 2 fully saturated rings. The van der Waals surface area contributed by atoms with E-state index in [4.69, 9.17) is 11.5 Å². The molecular formula is C8H18Cl2N2. The van der Waals surface area contributed by atoms with Crippen LogP contribution in [-0.2, 0) is 0 Å². The maximum Gasteiger partial charge on any atom is 0.0223 e. The van der Waals surface area contributed by atoms with Crippen LogP contribution >= 0.6 is 24.8 Å². The summed E-state index contributed by atoms with van der Waals surface area (Å²) in [6.45, 7) is 0. The lowest BCUT2D eigenvalue weighted by atomic mass is 10.0. The first-order valence-electron chi connectivity index (χ1n) is 4.30. The van der Waals surface area contributed by atoms with Crippen LogP contribution in [0.25, 0.3) is 0 Å². The van der Waals surface area contributed by atoms with Gasteiger partial charge in [-0.3, -0.25) is 0 Å². The zero-order valence-electron chi connectivity index (χ0n) is 7.11. The van der Waals surface area contributed by atoms with Crippen LogP contribution in [0.2, 0.25) is 0 Å². The van der Waals surface area contributed by atoms with Crippen molar-refractivity contribution in [2.45, 2.75) is 37.8 Å². The second kappa shape index (κ2) is 4.66. The average Bonchev–Trinajstić information content (AvgIpc) is 2.73. The summed E-state index contributed by atoms with van der Waals surface area (Å²) < 4.78 is 0. The fourth-order valence-corrected chi connectivity index (χ4v) is 1.59. The molecular weight excluding hydrogens is 195 g/mol. The van der Waals surface area contributed by atoms with E-state index in [0.29, 0.717) is 12.1 Å². The summed E-state index contributed by atoms with van der Waals surface area (Å²) in [6, 6.07) is 0.625. The smallest absolute Gasteiger partial charge is 0.0223 e. The normalized spacial score (nSPS) is 26.5. The lowest BCUT2D eigenvalue weighted by molar-refractivity contribution is 0.439. The van der Waals surface area contributed by atoms with Crippen molar-refractivity contribution < 1.29 is 0 Å². The molecule has 0 aliphatic heterocycles. The van der Waals surface area contributed by atoms with Gasteiger partial charge in [0, 0.05) is 12.1 Å². The van der Waals surface area contributed by atoms with Crippen molar-refractivity contribution in [3.8, 4) is 0 Å². The molecule has 0 radical (unpaired) electrons. The molecule has 4 heteroatoms. The Labute approximate surface area is 86.3 Å². The third-order valence-corrected chi connectivity index (χ3v) is 2.78. The molecule has 2 rings (SSSR count). The largest absolute Gasteiger partial charge is 0.326 e. The quantitative estimate of drug-likeness (QED) is 0.742. The number of nitrogens with two attached hydrogens (primary N) is 2. The highest BCUT2D eigenvalue weighted by Crippen LogP contribution is 2.39. The van der Waals surface area contributed by atoms with Crippen LogP contribution in [0.5, 0.6) is 0 Å². The minimum Gasteiger partial charge on any atom is -0.326 e. The number of hydrogen-bond donors (Lipinski definition) is 2. The molecule has 0 amide bonds. The van der Waals surface area contributed by atoms with Gasteiger partial charge in [0.1, 0.15) is 0 Å². The molecule has 0 heterocycles. The molecule has 0 aromatic heterocycles. The van der Waals surface area contributed by atoms with Crippen LogP contribution in [0.1, 0.15) is 25.7 Å². The van der Waals surface area contributed by atoms with E-state index < -0.39 is 0 Å². The van der Waals surface area contributed by atoms with Crippen molar-refractivity contribution in [1.82, 2.24) is 0 Å². The molecule has 74 valence electrons. The van der Waals surface area contributed by atoms with E-state index in [2.05, 4.69) is 0 Å². The Morgan fingerprint density at radius 1 is 0.750 bits per heavy atom. The molecule has 12 heavy (non-hydrogen) atoms. The summed E-state index contributed by atoms with van der Waals surface area (Å²) in [6.07, 6.45) is 5.28. The second-order valence-corrected chi connectivity index (χ2v) is 3.83. The Hall–Kier alpha value is 0.500. The number of hydrogen-bond acceptors (Lipinski definition) is 2. The summed E-state index contributed by atoms with van der Waals surface area (Å²) >= 11 is 0. The van der Waals surface area contributed by atoms with E-state index >= 15 is 0 Å². The Balaban J connectivity index is 0.000000605. The van der Waals surface area contributed by atoms with E-state index in [1.54, 1.807) is 0 Å². The van der Waals surface area contributed by atoms with Crippen molar-refractivity contribution in [1.29, 1.82) is 0 Å². The Bertz CT molecular complexity index is 119. The first kappa shape index (κ1) is 12.5. The van der Waals surface area contributed by atoms with E-state index in [1.807, 2.05) is 0 Å². The van der Waals surface area contributed by atoms with Crippen LogP contribution in [0.4, 0.5) is 0 Å². The van der Waals surface area contributed by atoms with Crippen LogP contribution in [0, 0.1) is 11.8 Å². The SMILES string of the molecule is Cl.Cl.N[C@@H](C1CC1)[C@@H](N)C1CC1. The molecule has 2 aliphatic carbocycles. The number of rotatable bonds is 3. The summed E-state index contributed by atoms with van der Waals surface area (Å²) in [7, 11) is 0. The molecule has 2 atom stereocenters. The standard InChI is InChI=1S/C8H16N2.2ClH/c9-7(5-1-2-5)8(10)6-3-4-6;;/h5-8H,1-4,9-10H2;2*1H/t7-,8-;;/m0../s1. The average molecular weight is 213 g/mol. The fraction of sp³-hybridized carbons (Fsp3) is 1.00. The zero-order valence-corrected chi connectivity index (χ0v) is 8.74. The van der Waals surface area contributed by atoms with Crippen molar-refractivity contribution in [3.05, 3.63) is 0 Å². The molecule has 2 saturated carbocycles. The molecule has 2 aliphatic rings. The summed E-state index contributed by atoms with van der Waals surface area (Å²) in [5, 5.41) is 0. The zero-order chi connectivity index (χ0) is 7.14. The molecule has 0 bridgehead atoms. The molecule has 0 aromatic carbocycles. The topological polar surface area (TPSA) is 52.0 Å². The van der Waals surface area contributed by atoms with Gasteiger partial charge in [0.15, 0.2) is 0 Å². The molecule has 4 N–H and O–H groups in total. The highest BCUT2D eigenvalue weighted by atomic mass is 35.5. The fourth-order valence-electron chi connectivity index (χ4n) is 1.59. The predicted octanol–water partition coefficient (Wildman–Crippen LogP) is 1.30. The van der Waals surface area contributed by atoms with Gasteiger partial charge in [-0.15, -0.1) is 24.8 Å². The third kappa shape index (κ3) is 2.77. The first-order valence-corrected chi connectivity index (χ1v) is 4.30. The molecule has 0 spiro atoms. The van der Waals surface area contributed by atoms with Gasteiger partial charge in [0.05, 0.1) is 0 Å². The molecule has 0 unspecified atom stereocenters. The highest BCUT2D eigenvalue weighted by molar-refractivity contribution is 5.85. The Morgan fingerprint density at radius 2 is 1.00 bits per heavy atom. The third-order valence-electron chi connectivity index (χ3n) is 2.78. The van der Waals surface area contributed by atoms with E-state index in [9.17, 15) is 0 Å². The lowest BCUT2D eigenvalue weighted by Crippen LogP contribution is -2.44. The van der Waals surface area contributed by atoms with E-state index in [1.165, 1.54) is 25.7 Å². The Kier molecular flexibility index (Phi) is 4.85. The second-order valence-electron chi connectivity index (χ2n) is 3.83. The van der Waals surface area contributed by atoms with Gasteiger partial charge >= 0.3 is 0 Å². The summed E-state index contributed by atoms with van der Waals surface area (Å²) in [5.74, 6) is 1.55. The van der Waals surface area contributed by atoms with Gasteiger partial charge in [0.2, 0.25) is 0 Å². The molecule has 0 saturated heterocycles. The maximum absolute atomic E-state index is 5.94. The van der Waals surface area contributed by atoms with Crippen molar-refractivity contribution in [2.75, 3.05) is 0 Å². The van der Waals surface area contributed by atoms with Crippen LogP contribution in [0.3, 0.4) is 0 Å². The monoisotopic (exact) mass is 212 g/mol. The van der Waals surface area contributed by atoms with E-state index in [-0.39, 0.29) is 24.8 Å². The highest BCUT2D eigenvalue weighted by Gasteiger charge is 2.39. The van der Waals surface area contributed by atoms with Crippen LogP contribution < -0.4 is 11.5 Å². The van der Waals surface area contributed by atoms with Gasteiger partial charge in [0.25, 0.3) is 0 Å². The van der Waals surface area contributed by atoms with Gasteiger partial charge < -0.3 is 11.5 Å². The van der Waals surface area contributed by atoms with Gasteiger partial charge in [-0.25, -0.2) is 0 Å². The van der Waals surface area contributed by atoms with Crippen molar-refractivity contribution in [2.24, 2.45) is 23.3 Å². The lowest BCUT2D eigenvalue weighted by Gasteiger charge is -2.18. The van der Waals surface area contributed by atoms with Gasteiger partial charge in [-0.1, -0.05) is 0 Å². The minimum atomic E-state index is 0. The summed E-state index contributed by atoms with van der Waals surface area (Å²) in [5.41, 5.74) is 11.9. The number of halogens is 2. The Morgan fingerprint density at radius 3 is 1.17 bits per heavy atom. The minimum absolute atomic E-state index is 0. The van der Waals surface area contributed by atoms with Gasteiger partial charge in [-0.05, 0) is 37.5 Å². The van der Waals surface area contributed by atoms with Crippen molar-refractivity contribution >= 4 is 24.8 Å². The predicted molar refractivity (Wildman–Crippen MR) is 55.9 cm³/mol. The van der Waals surface area contributed by atoms with Crippen LogP contribution in [-0.4, -0.2) is 12.1 Å². The van der Waals surface area contributed by atoms with E-state index in [0.717, 1.165) is 11.8 Å². The van der Waals surface area contributed by atoms with Gasteiger partial charge in [-0.2, -0.15) is 0 Å². The molecule has 0 aromatic rings. The van der Waals surface area contributed by atoms with Crippen LogP contribution in [0.15, 0.2) is 0 Å². The summed E-state index contributed by atoms with van der Waals surface area (Å²) in [4.78, 5) is 0. The first-order chi connectivity index (χ1) is 4.79. The molecule has 2 nitrogen and oxygen atoms in total.